The van der Waals surface area contributed by atoms with Crippen molar-refractivity contribution >= 4 is 23.2 Å². The fourth-order valence-electron chi connectivity index (χ4n) is 2.27. The van der Waals surface area contributed by atoms with E-state index in [0.29, 0.717) is 11.4 Å². The highest BCUT2D eigenvalue weighted by molar-refractivity contribution is 6.30. The van der Waals surface area contributed by atoms with Gasteiger partial charge in [0.05, 0.1) is 10.7 Å². The average molecular weight is 360 g/mol. The highest BCUT2D eigenvalue weighted by atomic mass is 35.5. The normalized spacial score (nSPS) is 10.5. The van der Waals surface area contributed by atoms with Gasteiger partial charge in [0.1, 0.15) is 11.6 Å². The highest BCUT2D eigenvalue weighted by Gasteiger charge is 2.07. The number of halogens is 2. The Hall–Kier alpha value is -2.86. The molecule has 0 aliphatic carbocycles. The van der Waals surface area contributed by atoms with E-state index in [2.05, 4.69) is 10.4 Å². The molecule has 0 saturated heterocycles. The van der Waals surface area contributed by atoms with Crippen molar-refractivity contribution in [3.05, 3.63) is 71.3 Å². The summed E-state index contributed by atoms with van der Waals surface area (Å²) >= 11 is 5.67. The van der Waals surface area contributed by atoms with Crippen LogP contribution in [0.5, 0.6) is 5.75 Å². The van der Waals surface area contributed by atoms with Crippen LogP contribution in [0.4, 0.5) is 10.1 Å². The SMILES string of the molecule is Cc1ccnn1-c1cccc(NC(=O)COc2ccc(F)c(Cl)c2)c1. The minimum atomic E-state index is -0.538. The third-order valence-electron chi connectivity index (χ3n) is 3.47. The molecular weight excluding hydrogens is 345 g/mol. The van der Waals surface area contributed by atoms with E-state index in [1.807, 2.05) is 31.2 Å². The van der Waals surface area contributed by atoms with Crippen LogP contribution in [-0.2, 0) is 4.79 Å². The average Bonchev–Trinajstić information content (AvgIpc) is 3.02. The van der Waals surface area contributed by atoms with Gasteiger partial charge in [-0.15, -0.1) is 0 Å². The topological polar surface area (TPSA) is 56.2 Å². The number of ether oxygens (including phenoxy) is 1. The molecule has 1 aromatic heterocycles. The Morgan fingerprint density at radius 3 is 2.84 bits per heavy atom. The van der Waals surface area contributed by atoms with E-state index >= 15 is 0 Å². The molecule has 0 atom stereocenters. The molecule has 0 aliphatic heterocycles. The molecule has 0 aliphatic rings. The zero-order valence-corrected chi connectivity index (χ0v) is 14.1. The predicted octanol–water partition coefficient (Wildman–Crippen LogP) is 3.99. The highest BCUT2D eigenvalue weighted by Crippen LogP contribution is 2.21. The van der Waals surface area contributed by atoms with Gasteiger partial charge in [-0.1, -0.05) is 17.7 Å². The predicted molar refractivity (Wildman–Crippen MR) is 93.8 cm³/mol. The van der Waals surface area contributed by atoms with Crippen LogP contribution in [0, 0.1) is 12.7 Å². The monoisotopic (exact) mass is 359 g/mol. The first-order valence-electron chi connectivity index (χ1n) is 7.52. The Bertz CT molecular complexity index is 911. The van der Waals surface area contributed by atoms with Crippen LogP contribution in [0.25, 0.3) is 5.69 Å². The van der Waals surface area contributed by atoms with Crippen molar-refractivity contribution in [2.45, 2.75) is 6.92 Å². The van der Waals surface area contributed by atoms with E-state index in [-0.39, 0.29) is 17.5 Å². The van der Waals surface area contributed by atoms with Crippen LogP contribution in [-0.4, -0.2) is 22.3 Å². The van der Waals surface area contributed by atoms with Gasteiger partial charge in [-0.05, 0) is 43.3 Å². The lowest BCUT2D eigenvalue weighted by Gasteiger charge is -2.10. The van der Waals surface area contributed by atoms with E-state index in [0.717, 1.165) is 11.4 Å². The standard InChI is InChI=1S/C18H15ClFN3O2/c1-12-7-8-21-23(12)14-4-2-3-13(9-14)22-18(24)11-25-15-5-6-17(20)16(19)10-15/h2-10H,11H2,1H3,(H,22,24). The first-order valence-corrected chi connectivity index (χ1v) is 7.89. The van der Waals surface area contributed by atoms with Crippen LogP contribution in [0.1, 0.15) is 5.69 Å². The minimum absolute atomic E-state index is 0.0554. The molecule has 0 unspecified atom stereocenters. The number of anilines is 1. The lowest BCUT2D eigenvalue weighted by atomic mass is 10.2. The van der Waals surface area contributed by atoms with Crippen LogP contribution in [0.2, 0.25) is 5.02 Å². The van der Waals surface area contributed by atoms with E-state index < -0.39 is 5.82 Å². The lowest BCUT2D eigenvalue weighted by molar-refractivity contribution is -0.118. The summed E-state index contributed by atoms with van der Waals surface area (Å²) in [7, 11) is 0. The van der Waals surface area contributed by atoms with Crippen LogP contribution in [0.3, 0.4) is 0 Å². The molecule has 1 N–H and O–H groups in total. The smallest absolute Gasteiger partial charge is 0.262 e. The minimum Gasteiger partial charge on any atom is -0.484 e. The van der Waals surface area contributed by atoms with Gasteiger partial charge in [-0.2, -0.15) is 5.10 Å². The zero-order chi connectivity index (χ0) is 17.8. The number of nitrogens with zero attached hydrogens (tertiary/aromatic N) is 2. The van der Waals surface area contributed by atoms with Crippen molar-refractivity contribution in [3.8, 4) is 11.4 Å². The van der Waals surface area contributed by atoms with E-state index in [1.54, 1.807) is 16.9 Å². The third kappa shape index (κ3) is 4.16. The third-order valence-corrected chi connectivity index (χ3v) is 3.76. The Morgan fingerprint density at radius 2 is 2.12 bits per heavy atom. The summed E-state index contributed by atoms with van der Waals surface area (Å²) in [5, 5.41) is 6.93. The Morgan fingerprint density at radius 1 is 1.28 bits per heavy atom. The van der Waals surface area contributed by atoms with Crippen molar-refractivity contribution in [1.29, 1.82) is 0 Å². The maximum atomic E-state index is 13.1. The Labute approximate surface area is 149 Å². The van der Waals surface area contributed by atoms with E-state index in [1.165, 1.54) is 18.2 Å². The maximum absolute atomic E-state index is 13.1. The Kier molecular flexibility index (Phi) is 5.00. The van der Waals surface area contributed by atoms with Crippen molar-refractivity contribution in [1.82, 2.24) is 9.78 Å². The summed E-state index contributed by atoms with van der Waals surface area (Å²) in [5.41, 5.74) is 2.45. The molecular formula is C18H15ClFN3O2. The number of rotatable bonds is 5. The number of benzene rings is 2. The van der Waals surface area contributed by atoms with E-state index in [4.69, 9.17) is 16.3 Å². The fourth-order valence-corrected chi connectivity index (χ4v) is 2.44. The molecule has 2 aromatic carbocycles. The summed E-state index contributed by atoms with van der Waals surface area (Å²) in [5.74, 6) is -0.554. The second-order valence-electron chi connectivity index (χ2n) is 5.35. The van der Waals surface area contributed by atoms with Crippen molar-refractivity contribution in [2.75, 3.05) is 11.9 Å². The largest absolute Gasteiger partial charge is 0.484 e. The molecule has 0 saturated carbocycles. The Balaban J connectivity index is 1.63. The number of aryl methyl sites for hydroxylation is 1. The number of amides is 1. The molecule has 5 nitrogen and oxygen atoms in total. The maximum Gasteiger partial charge on any atom is 0.262 e. The number of carbonyl (C=O) groups excluding carboxylic acids is 1. The number of aromatic nitrogens is 2. The molecule has 0 fully saturated rings. The summed E-state index contributed by atoms with van der Waals surface area (Å²) in [6, 6.07) is 13.1. The number of carbonyl (C=O) groups is 1. The number of hydrogen-bond donors (Lipinski definition) is 1. The molecule has 3 aromatic rings. The van der Waals surface area contributed by atoms with E-state index in [9.17, 15) is 9.18 Å². The van der Waals surface area contributed by atoms with Gasteiger partial charge in [-0.3, -0.25) is 4.79 Å². The zero-order valence-electron chi connectivity index (χ0n) is 13.4. The second kappa shape index (κ2) is 7.36. The van der Waals surface area contributed by atoms with Crippen LogP contribution >= 0.6 is 11.6 Å². The van der Waals surface area contributed by atoms with Gasteiger partial charge in [0, 0.05) is 23.6 Å². The molecule has 1 amide bonds. The molecule has 0 spiro atoms. The summed E-state index contributed by atoms with van der Waals surface area (Å²) < 4.78 is 20.2. The van der Waals surface area contributed by atoms with Gasteiger partial charge >= 0.3 is 0 Å². The molecule has 3 rings (SSSR count). The van der Waals surface area contributed by atoms with Crippen molar-refractivity contribution in [2.24, 2.45) is 0 Å². The molecule has 7 heteroatoms. The molecule has 1 heterocycles. The summed E-state index contributed by atoms with van der Waals surface area (Å²) in [6.45, 7) is 1.73. The fraction of sp³-hybridized carbons (Fsp3) is 0.111. The van der Waals surface area contributed by atoms with Gasteiger partial charge in [0.25, 0.3) is 5.91 Å². The molecule has 0 radical (unpaired) electrons. The molecule has 25 heavy (non-hydrogen) atoms. The second-order valence-corrected chi connectivity index (χ2v) is 5.75. The molecule has 0 bridgehead atoms. The van der Waals surface area contributed by atoms with Gasteiger partial charge in [0.2, 0.25) is 0 Å². The summed E-state index contributed by atoms with van der Waals surface area (Å²) in [6.07, 6.45) is 1.71. The van der Waals surface area contributed by atoms with Crippen LogP contribution < -0.4 is 10.1 Å². The summed E-state index contributed by atoms with van der Waals surface area (Å²) in [4.78, 5) is 12.0. The van der Waals surface area contributed by atoms with Crippen molar-refractivity contribution < 1.29 is 13.9 Å². The first-order chi connectivity index (χ1) is 12.0. The van der Waals surface area contributed by atoms with Gasteiger partial charge < -0.3 is 10.1 Å². The lowest BCUT2D eigenvalue weighted by Crippen LogP contribution is -2.20. The van der Waals surface area contributed by atoms with Crippen molar-refractivity contribution in [3.63, 3.8) is 0 Å². The van der Waals surface area contributed by atoms with Gasteiger partial charge in [0.15, 0.2) is 6.61 Å². The quantitative estimate of drug-likeness (QED) is 0.749. The van der Waals surface area contributed by atoms with Crippen LogP contribution in [0.15, 0.2) is 54.7 Å². The number of nitrogens with one attached hydrogen (secondary N) is 1. The number of hydrogen-bond acceptors (Lipinski definition) is 3. The molecule has 128 valence electrons. The first kappa shape index (κ1) is 17.0. The van der Waals surface area contributed by atoms with Gasteiger partial charge in [-0.25, -0.2) is 9.07 Å².